The fourth-order valence-electron chi connectivity index (χ4n) is 1.57. The minimum atomic E-state index is -2.24. The maximum absolute atomic E-state index is 11.5. The second-order valence-electron chi connectivity index (χ2n) is 7.04. The van der Waals surface area contributed by atoms with Crippen LogP contribution in [0.3, 0.4) is 0 Å². The van der Waals surface area contributed by atoms with Gasteiger partial charge in [0.05, 0.1) is 6.04 Å². The van der Waals surface area contributed by atoms with Crippen LogP contribution < -0.4 is 0 Å². The minimum Gasteiger partial charge on any atom is -0.479 e. The summed E-state index contributed by atoms with van der Waals surface area (Å²) in [7, 11) is -2.24. The Morgan fingerprint density at radius 2 is 1.90 bits per heavy atom. The third-order valence-corrected chi connectivity index (χ3v) is 8.19. The van der Waals surface area contributed by atoms with Gasteiger partial charge in [-0.2, -0.15) is 0 Å². The molecule has 20 heavy (non-hydrogen) atoms. The Labute approximate surface area is 122 Å². The first-order valence-corrected chi connectivity index (χ1v) is 9.78. The van der Waals surface area contributed by atoms with E-state index in [2.05, 4.69) is 10.0 Å². The van der Waals surface area contributed by atoms with E-state index in [-0.39, 0.29) is 11.0 Å². The van der Waals surface area contributed by atoms with Crippen molar-refractivity contribution in [2.45, 2.75) is 71.3 Å². The zero-order chi connectivity index (χ0) is 16.1. The lowest BCUT2D eigenvalue weighted by Gasteiger charge is -2.39. The first kappa shape index (κ1) is 19.0. The molecule has 0 saturated carbocycles. The number of carboxylic acids is 1. The molecule has 1 N–H and O–H groups in total. The normalized spacial score (nSPS) is 15.6. The van der Waals surface area contributed by atoms with E-state index in [4.69, 9.17) is 9.96 Å². The van der Waals surface area contributed by atoms with Crippen molar-refractivity contribution in [1.29, 1.82) is 0 Å². The summed E-state index contributed by atoms with van der Waals surface area (Å²) in [5, 5.41) is 13.0. The maximum atomic E-state index is 11.5. The number of nitrogens with zero attached hydrogens (tertiary/aromatic N) is 3. The van der Waals surface area contributed by atoms with Gasteiger partial charge in [-0.05, 0) is 36.0 Å². The van der Waals surface area contributed by atoms with Crippen LogP contribution in [0, 0.1) is 5.92 Å². The summed E-state index contributed by atoms with van der Waals surface area (Å²) in [6.45, 7) is 14.0. The molecule has 0 fully saturated rings. The molecule has 0 radical (unpaired) electrons. The molecular weight excluding hydrogens is 274 g/mol. The molecule has 0 aromatic carbocycles. The van der Waals surface area contributed by atoms with Gasteiger partial charge in [-0.25, -0.2) is 4.79 Å². The van der Waals surface area contributed by atoms with Crippen molar-refractivity contribution in [3.63, 3.8) is 0 Å². The standard InChI is InChI=1S/C13H27N3O3Si/c1-9(2)8-10(15-16-14)11(12(17)18)19-20(6,7)13(3,4)5/h9-11H,8H2,1-7H3,(H,17,18)/t10-,11+/m0/s1. The number of carboxylic acid groups (broad SMARTS) is 1. The number of aliphatic carboxylic acids is 1. The summed E-state index contributed by atoms with van der Waals surface area (Å²) < 4.78 is 5.95. The average molecular weight is 301 g/mol. The van der Waals surface area contributed by atoms with Crippen LogP contribution in [0.2, 0.25) is 18.1 Å². The quantitative estimate of drug-likeness (QED) is 0.330. The van der Waals surface area contributed by atoms with E-state index < -0.39 is 26.4 Å². The van der Waals surface area contributed by atoms with Crippen LogP contribution in [-0.2, 0) is 9.22 Å². The molecule has 7 heteroatoms. The van der Waals surface area contributed by atoms with Crippen molar-refractivity contribution in [2.75, 3.05) is 0 Å². The van der Waals surface area contributed by atoms with Gasteiger partial charge in [-0.3, -0.25) is 0 Å². The maximum Gasteiger partial charge on any atom is 0.332 e. The Morgan fingerprint density at radius 3 is 2.20 bits per heavy atom. The van der Waals surface area contributed by atoms with Crippen molar-refractivity contribution < 1.29 is 14.3 Å². The fraction of sp³-hybridized carbons (Fsp3) is 0.923. The number of carbonyl (C=O) groups is 1. The minimum absolute atomic E-state index is 0.0978. The molecule has 0 aliphatic carbocycles. The molecule has 0 aliphatic rings. The SMILES string of the molecule is CC(C)C[C@H](N=[N+]=[N-])[C@@H](O[Si](C)(C)C(C)(C)C)C(=O)O. The first-order valence-electron chi connectivity index (χ1n) is 6.87. The first-order chi connectivity index (χ1) is 8.92. The van der Waals surface area contributed by atoms with E-state index in [1.54, 1.807) is 0 Å². The molecule has 0 amide bonds. The van der Waals surface area contributed by atoms with Crippen molar-refractivity contribution in [3.05, 3.63) is 10.4 Å². The second-order valence-corrected chi connectivity index (χ2v) is 11.8. The number of rotatable bonds is 7. The zero-order valence-corrected chi connectivity index (χ0v) is 14.5. The molecule has 0 aliphatic heterocycles. The van der Waals surface area contributed by atoms with Crippen LogP contribution >= 0.6 is 0 Å². The van der Waals surface area contributed by atoms with Crippen LogP contribution in [-0.4, -0.2) is 31.5 Å². The summed E-state index contributed by atoms with van der Waals surface area (Å²) in [4.78, 5) is 14.3. The van der Waals surface area contributed by atoms with Crippen LogP contribution in [0.4, 0.5) is 0 Å². The summed E-state index contributed by atoms with van der Waals surface area (Å²) in [6.07, 6.45) is -0.579. The predicted octanol–water partition coefficient (Wildman–Crippen LogP) is 4.19. The predicted molar refractivity (Wildman–Crippen MR) is 82.1 cm³/mol. The molecule has 0 heterocycles. The molecule has 0 aromatic rings. The van der Waals surface area contributed by atoms with Gasteiger partial charge in [-0.1, -0.05) is 39.7 Å². The lowest BCUT2D eigenvalue weighted by atomic mass is 10.00. The summed E-state index contributed by atoms with van der Waals surface area (Å²) >= 11 is 0. The fourth-order valence-corrected chi connectivity index (χ4v) is 2.81. The highest BCUT2D eigenvalue weighted by Crippen LogP contribution is 2.38. The van der Waals surface area contributed by atoms with Gasteiger partial charge in [0.2, 0.25) is 0 Å². The summed E-state index contributed by atoms with van der Waals surface area (Å²) in [5.74, 6) is -0.830. The van der Waals surface area contributed by atoms with E-state index in [1.807, 2.05) is 47.7 Å². The van der Waals surface area contributed by atoms with Crippen LogP contribution in [0.15, 0.2) is 5.11 Å². The van der Waals surface area contributed by atoms with Gasteiger partial charge in [0.25, 0.3) is 0 Å². The van der Waals surface area contributed by atoms with E-state index in [0.29, 0.717) is 6.42 Å². The van der Waals surface area contributed by atoms with E-state index in [9.17, 15) is 9.90 Å². The third kappa shape index (κ3) is 5.52. The van der Waals surface area contributed by atoms with Crippen LogP contribution in [0.25, 0.3) is 10.4 Å². The Balaban J connectivity index is 5.32. The van der Waals surface area contributed by atoms with Gasteiger partial charge in [0.1, 0.15) is 0 Å². The Morgan fingerprint density at radius 1 is 1.40 bits per heavy atom. The molecule has 0 aromatic heterocycles. The van der Waals surface area contributed by atoms with Crippen LogP contribution in [0.5, 0.6) is 0 Å². The number of hydrogen-bond acceptors (Lipinski definition) is 3. The highest BCUT2D eigenvalue weighted by Gasteiger charge is 2.42. The number of azide groups is 1. The van der Waals surface area contributed by atoms with E-state index >= 15 is 0 Å². The molecule has 6 nitrogen and oxygen atoms in total. The Hall–Kier alpha value is -1.04. The van der Waals surface area contributed by atoms with Crippen molar-refractivity contribution >= 4 is 14.3 Å². The zero-order valence-electron chi connectivity index (χ0n) is 13.5. The van der Waals surface area contributed by atoms with Gasteiger partial charge in [-0.15, -0.1) is 0 Å². The van der Waals surface area contributed by atoms with Gasteiger partial charge in [0.15, 0.2) is 14.4 Å². The molecule has 0 rings (SSSR count). The van der Waals surface area contributed by atoms with Crippen molar-refractivity contribution in [2.24, 2.45) is 11.0 Å². The molecular formula is C13H27N3O3Si. The Kier molecular flexibility index (Phi) is 6.73. The smallest absolute Gasteiger partial charge is 0.332 e. The van der Waals surface area contributed by atoms with Gasteiger partial charge >= 0.3 is 5.97 Å². The molecule has 0 bridgehead atoms. The van der Waals surface area contributed by atoms with Crippen molar-refractivity contribution in [1.82, 2.24) is 0 Å². The molecule has 0 spiro atoms. The second kappa shape index (κ2) is 7.11. The topological polar surface area (TPSA) is 95.3 Å². The summed E-state index contributed by atoms with van der Waals surface area (Å²) in [6, 6.07) is -0.674. The van der Waals surface area contributed by atoms with Crippen LogP contribution in [0.1, 0.15) is 41.0 Å². The molecule has 116 valence electrons. The monoisotopic (exact) mass is 301 g/mol. The van der Waals surface area contributed by atoms with E-state index in [1.165, 1.54) is 0 Å². The van der Waals surface area contributed by atoms with Gasteiger partial charge in [0, 0.05) is 4.91 Å². The van der Waals surface area contributed by atoms with E-state index in [0.717, 1.165) is 0 Å². The summed E-state index contributed by atoms with van der Waals surface area (Å²) in [5.41, 5.74) is 8.66. The highest BCUT2D eigenvalue weighted by atomic mass is 28.4. The van der Waals surface area contributed by atoms with Gasteiger partial charge < -0.3 is 9.53 Å². The molecule has 0 unspecified atom stereocenters. The Bertz CT molecular complexity index is 385. The largest absolute Gasteiger partial charge is 0.479 e. The molecule has 0 saturated heterocycles. The molecule has 2 atom stereocenters. The van der Waals surface area contributed by atoms with Crippen molar-refractivity contribution in [3.8, 4) is 0 Å². The lowest BCUT2D eigenvalue weighted by molar-refractivity contribution is -0.146. The third-order valence-electron chi connectivity index (χ3n) is 3.73. The number of hydrogen-bond donors (Lipinski definition) is 1. The lowest BCUT2D eigenvalue weighted by Crippen LogP contribution is -2.49. The average Bonchev–Trinajstić information content (AvgIpc) is 2.22. The highest BCUT2D eigenvalue weighted by molar-refractivity contribution is 6.74.